The van der Waals surface area contributed by atoms with E-state index in [1.807, 2.05) is 0 Å². The monoisotopic (exact) mass is 157 g/mol. The third-order valence-corrected chi connectivity index (χ3v) is 1.89. The quantitative estimate of drug-likeness (QED) is 0.548. The molecule has 62 valence electrons. The molecule has 4 nitrogen and oxygen atoms in total. The Hall–Kier alpha value is -0.930. The van der Waals surface area contributed by atoms with Gasteiger partial charge in [0.05, 0.1) is 5.18 Å². The van der Waals surface area contributed by atoms with E-state index in [-0.39, 0.29) is 6.10 Å². The van der Waals surface area contributed by atoms with E-state index in [1.165, 1.54) is 6.42 Å². The fourth-order valence-electron chi connectivity index (χ4n) is 1.35. The first-order chi connectivity index (χ1) is 5.33. The van der Waals surface area contributed by atoms with Crippen molar-refractivity contribution in [1.82, 2.24) is 0 Å². The number of rotatable bonds is 1. The van der Waals surface area contributed by atoms with Gasteiger partial charge in [-0.05, 0) is 25.7 Å². The van der Waals surface area contributed by atoms with Crippen molar-refractivity contribution >= 4 is 6.09 Å². The van der Waals surface area contributed by atoms with Crippen LogP contribution >= 0.6 is 0 Å². The van der Waals surface area contributed by atoms with Crippen molar-refractivity contribution in [1.29, 1.82) is 0 Å². The molecule has 0 bridgehead atoms. The van der Waals surface area contributed by atoms with Gasteiger partial charge in [0, 0.05) is 0 Å². The summed E-state index contributed by atoms with van der Waals surface area (Å²) in [6.45, 7) is 0. The zero-order chi connectivity index (χ0) is 8.10. The van der Waals surface area contributed by atoms with Gasteiger partial charge in [-0.15, -0.1) is 4.91 Å². The van der Waals surface area contributed by atoms with E-state index in [9.17, 15) is 9.70 Å². The molecule has 0 aromatic carbocycles. The minimum atomic E-state index is -0.975. The van der Waals surface area contributed by atoms with E-state index < -0.39 is 6.09 Å². The Morgan fingerprint density at radius 3 is 2.45 bits per heavy atom. The first kappa shape index (κ1) is 8.17. The minimum Gasteiger partial charge on any atom is -0.443 e. The summed E-state index contributed by atoms with van der Waals surface area (Å²) in [5, 5.41) is 2.17. The molecule has 0 saturated heterocycles. The maximum atomic E-state index is 10.4. The molecular weight excluding hydrogens is 146 g/mol. The average molecular weight is 157 g/mol. The molecule has 4 heteroatoms. The summed E-state index contributed by atoms with van der Waals surface area (Å²) in [6, 6.07) is 0. The van der Waals surface area contributed by atoms with Crippen LogP contribution in [0.25, 0.3) is 0 Å². The largest absolute Gasteiger partial charge is 0.470 e. The van der Waals surface area contributed by atoms with Gasteiger partial charge in [-0.2, -0.15) is 0 Å². The number of carbonyl (C=O) groups excluding carboxylic acids is 1. The number of amides is 1. The predicted molar refractivity (Wildman–Crippen MR) is 39.1 cm³/mol. The summed E-state index contributed by atoms with van der Waals surface area (Å²) in [4.78, 5) is 20.0. The fraction of sp³-hybridized carbons (Fsp3) is 0.857. The molecule has 0 aromatic rings. The standard InChI is InChI=1S/C7H11NO3/c9-7(8-10)11-6-4-2-1-3-5-6/h6H,1-5H2. The molecule has 1 aliphatic carbocycles. The topological polar surface area (TPSA) is 55.7 Å². The number of hydrogen-bond donors (Lipinski definition) is 0. The number of ether oxygens (including phenoxy) is 1. The second-order valence-corrected chi connectivity index (χ2v) is 2.74. The molecule has 1 amide bonds. The Bertz CT molecular complexity index is 152. The van der Waals surface area contributed by atoms with E-state index >= 15 is 0 Å². The summed E-state index contributed by atoms with van der Waals surface area (Å²) in [7, 11) is 0. The summed E-state index contributed by atoms with van der Waals surface area (Å²) in [5.41, 5.74) is 0. The van der Waals surface area contributed by atoms with Crippen molar-refractivity contribution in [2.75, 3.05) is 0 Å². The van der Waals surface area contributed by atoms with Crippen LogP contribution in [0.3, 0.4) is 0 Å². The van der Waals surface area contributed by atoms with Crippen LogP contribution in [-0.4, -0.2) is 12.2 Å². The van der Waals surface area contributed by atoms with Crippen molar-refractivity contribution in [2.45, 2.75) is 38.2 Å². The van der Waals surface area contributed by atoms with Gasteiger partial charge < -0.3 is 4.74 Å². The Balaban J connectivity index is 2.24. The molecule has 0 spiro atoms. The van der Waals surface area contributed by atoms with Gasteiger partial charge in [0.25, 0.3) is 0 Å². The molecule has 11 heavy (non-hydrogen) atoms. The molecule has 1 saturated carbocycles. The number of nitroso groups, excluding NO2 is 1. The van der Waals surface area contributed by atoms with Crippen molar-refractivity contribution in [3.05, 3.63) is 4.91 Å². The third kappa shape index (κ3) is 2.65. The van der Waals surface area contributed by atoms with Gasteiger partial charge in [-0.1, -0.05) is 6.42 Å². The molecule has 0 N–H and O–H groups in total. The van der Waals surface area contributed by atoms with Gasteiger partial charge in [-0.3, -0.25) is 0 Å². The van der Waals surface area contributed by atoms with Crippen LogP contribution in [0.4, 0.5) is 4.79 Å². The highest BCUT2D eigenvalue weighted by Gasteiger charge is 2.17. The maximum Gasteiger partial charge on any atom is 0.470 e. The molecule has 0 heterocycles. The number of carbonyl (C=O) groups is 1. The van der Waals surface area contributed by atoms with Gasteiger partial charge >= 0.3 is 6.09 Å². The van der Waals surface area contributed by atoms with Crippen molar-refractivity contribution in [3.63, 3.8) is 0 Å². The molecule has 0 unspecified atom stereocenters. The first-order valence-corrected chi connectivity index (χ1v) is 3.87. The van der Waals surface area contributed by atoms with Crippen LogP contribution in [0, 0.1) is 4.91 Å². The van der Waals surface area contributed by atoms with Crippen LogP contribution in [0.2, 0.25) is 0 Å². The number of hydrogen-bond acceptors (Lipinski definition) is 3. The Morgan fingerprint density at radius 1 is 1.27 bits per heavy atom. The lowest BCUT2D eigenvalue weighted by Crippen LogP contribution is -2.18. The van der Waals surface area contributed by atoms with Crippen LogP contribution in [0.15, 0.2) is 5.18 Å². The van der Waals surface area contributed by atoms with Gasteiger partial charge in [0.1, 0.15) is 6.10 Å². The SMILES string of the molecule is O=NC(=O)OC1CCCCC1. The highest BCUT2D eigenvalue weighted by atomic mass is 16.6. The van der Waals surface area contributed by atoms with Crippen molar-refractivity contribution in [2.24, 2.45) is 5.18 Å². The zero-order valence-corrected chi connectivity index (χ0v) is 6.28. The normalized spacial score (nSPS) is 19.3. The second kappa shape index (κ2) is 4.05. The van der Waals surface area contributed by atoms with Crippen LogP contribution in [0.1, 0.15) is 32.1 Å². The average Bonchev–Trinajstić information content (AvgIpc) is 2.06. The lowest BCUT2D eigenvalue weighted by molar-refractivity contribution is 0.0830. The maximum absolute atomic E-state index is 10.4. The van der Waals surface area contributed by atoms with Crippen molar-refractivity contribution in [3.8, 4) is 0 Å². The van der Waals surface area contributed by atoms with Crippen LogP contribution in [0.5, 0.6) is 0 Å². The van der Waals surface area contributed by atoms with Crippen LogP contribution < -0.4 is 0 Å². The molecule has 0 aromatic heterocycles. The smallest absolute Gasteiger partial charge is 0.443 e. The van der Waals surface area contributed by atoms with Gasteiger partial charge in [0.2, 0.25) is 0 Å². The predicted octanol–water partition coefficient (Wildman–Crippen LogP) is 2.22. The summed E-state index contributed by atoms with van der Waals surface area (Å²) in [6.07, 6.45) is 4.07. The molecule has 0 radical (unpaired) electrons. The fourth-order valence-corrected chi connectivity index (χ4v) is 1.35. The highest BCUT2D eigenvalue weighted by molar-refractivity contribution is 5.67. The van der Waals surface area contributed by atoms with E-state index in [0.29, 0.717) is 0 Å². The summed E-state index contributed by atoms with van der Waals surface area (Å²) < 4.78 is 4.72. The Kier molecular flexibility index (Phi) is 3.01. The van der Waals surface area contributed by atoms with Gasteiger partial charge in [-0.25, -0.2) is 4.79 Å². The zero-order valence-electron chi connectivity index (χ0n) is 6.28. The minimum absolute atomic E-state index is 0.0612. The molecule has 0 atom stereocenters. The molecular formula is C7H11NO3. The van der Waals surface area contributed by atoms with E-state index in [2.05, 4.69) is 5.18 Å². The van der Waals surface area contributed by atoms with E-state index in [0.717, 1.165) is 25.7 Å². The lowest BCUT2D eigenvalue weighted by atomic mass is 9.98. The first-order valence-electron chi connectivity index (χ1n) is 3.87. The molecule has 1 fully saturated rings. The number of nitrogens with zero attached hydrogens (tertiary/aromatic N) is 1. The van der Waals surface area contributed by atoms with E-state index in [4.69, 9.17) is 4.74 Å². The van der Waals surface area contributed by atoms with Gasteiger partial charge in [0.15, 0.2) is 0 Å². The molecule has 1 aliphatic rings. The molecule has 0 aliphatic heterocycles. The summed E-state index contributed by atoms with van der Waals surface area (Å²) >= 11 is 0. The summed E-state index contributed by atoms with van der Waals surface area (Å²) in [5.74, 6) is 0. The van der Waals surface area contributed by atoms with E-state index in [1.54, 1.807) is 0 Å². The highest BCUT2D eigenvalue weighted by Crippen LogP contribution is 2.20. The third-order valence-electron chi connectivity index (χ3n) is 1.89. The Labute approximate surface area is 64.9 Å². The van der Waals surface area contributed by atoms with Crippen LogP contribution in [-0.2, 0) is 4.74 Å². The second-order valence-electron chi connectivity index (χ2n) is 2.74. The van der Waals surface area contributed by atoms with Crippen molar-refractivity contribution < 1.29 is 9.53 Å². The lowest BCUT2D eigenvalue weighted by Gasteiger charge is -2.19. The Morgan fingerprint density at radius 2 is 1.91 bits per heavy atom. The molecule has 1 rings (SSSR count).